The first-order chi connectivity index (χ1) is 22.7. The van der Waals surface area contributed by atoms with Gasteiger partial charge in [0.1, 0.15) is 10.8 Å². The van der Waals surface area contributed by atoms with E-state index in [0.717, 1.165) is 29.8 Å². The zero-order valence-corrected chi connectivity index (χ0v) is 29.8. The second kappa shape index (κ2) is 18.1. The highest BCUT2D eigenvalue weighted by Crippen LogP contribution is 2.32. The Morgan fingerprint density at radius 1 is 0.936 bits per heavy atom. The maximum atomic E-state index is 13.0. The smallest absolute Gasteiger partial charge is 0.338 e. The summed E-state index contributed by atoms with van der Waals surface area (Å²) in [6.45, 7) is 11.5. The molecule has 0 fully saturated rings. The number of nitrogens with one attached hydrogen (secondary N) is 2. The van der Waals surface area contributed by atoms with Crippen LogP contribution < -0.4 is 10.1 Å². The highest BCUT2D eigenvalue weighted by molar-refractivity contribution is 6.34. The third-order valence-electron chi connectivity index (χ3n) is 8.60. The van der Waals surface area contributed by atoms with E-state index in [-0.39, 0.29) is 18.1 Å². The molecule has 256 valence electrons. The maximum absolute atomic E-state index is 13.0. The number of aromatic nitrogens is 4. The molecule has 0 bridgehead atoms. The van der Waals surface area contributed by atoms with Crippen molar-refractivity contribution in [1.82, 2.24) is 19.8 Å². The molecule has 0 spiro atoms. The van der Waals surface area contributed by atoms with Gasteiger partial charge < -0.3 is 14.8 Å². The van der Waals surface area contributed by atoms with Crippen molar-refractivity contribution in [2.75, 3.05) is 18.7 Å². The van der Waals surface area contributed by atoms with Crippen molar-refractivity contribution in [3.8, 4) is 17.1 Å². The van der Waals surface area contributed by atoms with Gasteiger partial charge in [0.25, 0.3) is 0 Å². The topological polar surface area (TPSA) is 93.5 Å². The number of ether oxygens (including phenoxy) is 2. The van der Waals surface area contributed by atoms with Crippen molar-refractivity contribution in [1.29, 1.82) is 0 Å². The number of esters is 1. The number of halogens is 1. The molecule has 1 atom stereocenters. The average Bonchev–Trinajstić information content (AvgIpc) is 3.62. The fraction of sp³-hybridized carbons (Fsp3) is 0.553. The monoisotopic (exact) mass is 663 g/mol. The summed E-state index contributed by atoms with van der Waals surface area (Å²) in [5.41, 5.74) is 3.66. The van der Waals surface area contributed by atoms with Gasteiger partial charge >= 0.3 is 5.97 Å². The van der Waals surface area contributed by atoms with Crippen LogP contribution in [0.2, 0.25) is 5.02 Å². The van der Waals surface area contributed by atoms with Crippen molar-refractivity contribution in [3.63, 3.8) is 0 Å². The fourth-order valence-electron chi connectivity index (χ4n) is 5.73. The predicted molar refractivity (Wildman–Crippen MR) is 193 cm³/mol. The molecule has 1 unspecified atom stereocenters. The van der Waals surface area contributed by atoms with Crippen molar-refractivity contribution >= 4 is 28.9 Å². The molecule has 2 aromatic heterocycles. The highest BCUT2D eigenvalue weighted by Gasteiger charge is 2.24. The van der Waals surface area contributed by atoms with Crippen molar-refractivity contribution in [2.24, 2.45) is 5.92 Å². The number of unbranched alkanes of at least 4 members (excludes halogenated alkanes) is 8. The van der Waals surface area contributed by atoms with E-state index in [1.807, 2.05) is 36.4 Å². The van der Waals surface area contributed by atoms with E-state index in [1.54, 1.807) is 16.8 Å². The van der Waals surface area contributed by atoms with Crippen LogP contribution in [0.4, 0.5) is 5.69 Å². The quantitative estimate of drug-likeness (QED) is 0.0555. The van der Waals surface area contributed by atoms with Crippen LogP contribution in [0.15, 0.2) is 48.5 Å². The Labute approximate surface area is 286 Å². The molecular formula is C38H54ClN5O3. The third kappa shape index (κ3) is 11.0. The first-order valence-corrected chi connectivity index (χ1v) is 18.0. The molecular weight excluding hydrogens is 610 g/mol. The molecule has 0 radical (unpaired) electrons. The van der Waals surface area contributed by atoms with Gasteiger partial charge in [0.15, 0.2) is 18.2 Å². The summed E-state index contributed by atoms with van der Waals surface area (Å²) in [6.07, 6.45) is 14.9. The molecule has 0 saturated carbocycles. The first-order valence-electron chi connectivity index (χ1n) is 17.6. The van der Waals surface area contributed by atoms with Gasteiger partial charge in [0.2, 0.25) is 0 Å². The van der Waals surface area contributed by atoms with E-state index in [9.17, 15) is 4.79 Å². The second-order valence-electron chi connectivity index (χ2n) is 13.7. The number of anilines is 1. The predicted octanol–water partition coefficient (Wildman–Crippen LogP) is 10.6. The summed E-state index contributed by atoms with van der Waals surface area (Å²) < 4.78 is 13.4. The molecule has 4 rings (SSSR count). The van der Waals surface area contributed by atoms with Gasteiger partial charge in [-0.05, 0) is 61.2 Å². The van der Waals surface area contributed by atoms with Crippen LogP contribution in [0, 0.1) is 5.92 Å². The molecule has 2 heterocycles. The molecule has 4 aromatic rings. The number of benzene rings is 2. The molecule has 8 nitrogen and oxygen atoms in total. The molecule has 47 heavy (non-hydrogen) atoms. The second-order valence-corrected chi connectivity index (χ2v) is 14.0. The van der Waals surface area contributed by atoms with Crippen LogP contribution >= 0.6 is 11.6 Å². The van der Waals surface area contributed by atoms with E-state index in [1.165, 1.54) is 64.2 Å². The lowest BCUT2D eigenvalue weighted by Crippen LogP contribution is -2.15. The van der Waals surface area contributed by atoms with E-state index < -0.39 is 0 Å². The summed E-state index contributed by atoms with van der Waals surface area (Å²) >= 11 is 6.58. The van der Waals surface area contributed by atoms with Crippen LogP contribution in [0.25, 0.3) is 17.0 Å². The molecule has 0 aliphatic rings. The SMILES string of the molecule is CCCCCCCCC(CCCCCC)COC(=O)c1cccc(OCNc2ccc(-c3nc4c(Cl)c(C(C)(C)C)[nH]n4n3)cc2)c1. The lowest BCUT2D eigenvalue weighted by Gasteiger charge is -2.17. The minimum Gasteiger partial charge on any atom is -0.473 e. The van der Waals surface area contributed by atoms with Gasteiger partial charge in [-0.15, -0.1) is 5.10 Å². The number of carbonyl (C=O) groups excluding carboxylic acids is 1. The van der Waals surface area contributed by atoms with Gasteiger partial charge in [-0.25, -0.2) is 9.78 Å². The lowest BCUT2D eigenvalue weighted by molar-refractivity contribution is 0.0421. The molecule has 2 aromatic carbocycles. The highest BCUT2D eigenvalue weighted by atomic mass is 35.5. The van der Waals surface area contributed by atoms with Crippen LogP contribution in [0.3, 0.4) is 0 Å². The number of hydrogen-bond donors (Lipinski definition) is 2. The summed E-state index contributed by atoms with van der Waals surface area (Å²) in [6, 6.07) is 15.0. The number of H-pyrrole nitrogens is 1. The summed E-state index contributed by atoms with van der Waals surface area (Å²) in [7, 11) is 0. The normalized spacial score (nSPS) is 12.4. The van der Waals surface area contributed by atoms with Gasteiger partial charge in [0, 0.05) is 16.7 Å². The molecule has 9 heteroatoms. The zero-order chi connectivity index (χ0) is 33.6. The number of aromatic amines is 1. The number of rotatable bonds is 20. The first kappa shape index (κ1) is 36.3. The number of nitrogens with zero attached hydrogens (tertiary/aromatic N) is 3. The minimum atomic E-state index is -0.291. The van der Waals surface area contributed by atoms with E-state index in [0.29, 0.717) is 40.3 Å². The van der Waals surface area contributed by atoms with Gasteiger partial charge in [-0.3, -0.25) is 5.10 Å². The largest absolute Gasteiger partial charge is 0.473 e. The Balaban J connectivity index is 1.25. The summed E-state index contributed by atoms with van der Waals surface area (Å²) in [5, 5.41) is 11.7. The van der Waals surface area contributed by atoms with Crippen LogP contribution in [-0.4, -0.2) is 39.1 Å². The van der Waals surface area contributed by atoms with Crippen molar-refractivity contribution in [3.05, 3.63) is 64.8 Å². The van der Waals surface area contributed by atoms with E-state index in [2.05, 4.69) is 55.1 Å². The Hall–Kier alpha value is -3.52. The standard InChI is InChI=1S/C38H54ClN5O3/c1-6-8-10-12-13-15-18-28(17-14-11-9-7-2)26-46-37(45)30-19-16-20-32(25-30)47-27-40-31-23-21-29(22-24-31)35-41-36-33(39)34(38(3,4)5)42-44(36)43-35/h16,19-25,28,40,42H,6-15,17-18,26-27H2,1-5H3. The number of carbonyl (C=O) groups is 1. The van der Waals surface area contributed by atoms with Crippen LogP contribution in [0.1, 0.15) is 128 Å². The van der Waals surface area contributed by atoms with Crippen LogP contribution in [-0.2, 0) is 10.2 Å². The lowest BCUT2D eigenvalue weighted by atomic mass is 9.92. The minimum absolute atomic E-state index is 0.136. The molecule has 0 amide bonds. The molecule has 0 aliphatic heterocycles. The Kier molecular flexibility index (Phi) is 14.0. The fourth-order valence-corrected chi connectivity index (χ4v) is 6.18. The van der Waals surface area contributed by atoms with Gasteiger partial charge in [0.05, 0.1) is 17.9 Å². The Bertz CT molecular complexity index is 1520. The van der Waals surface area contributed by atoms with E-state index >= 15 is 0 Å². The number of hydrogen-bond acceptors (Lipinski definition) is 6. The average molecular weight is 664 g/mol. The molecule has 0 aliphatic carbocycles. The molecule has 2 N–H and O–H groups in total. The zero-order valence-electron chi connectivity index (χ0n) is 29.0. The summed E-state index contributed by atoms with van der Waals surface area (Å²) in [4.78, 5) is 17.6. The Morgan fingerprint density at radius 2 is 1.60 bits per heavy atom. The third-order valence-corrected chi connectivity index (χ3v) is 8.96. The Morgan fingerprint density at radius 3 is 2.26 bits per heavy atom. The number of fused-ring (bicyclic) bond motifs is 1. The van der Waals surface area contributed by atoms with Gasteiger partial charge in [-0.2, -0.15) is 4.63 Å². The summed E-state index contributed by atoms with van der Waals surface area (Å²) in [5.74, 6) is 1.34. The van der Waals surface area contributed by atoms with Crippen molar-refractivity contribution in [2.45, 2.75) is 117 Å². The molecule has 0 saturated heterocycles. The van der Waals surface area contributed by atoms with Gasteiger partial charge in [-0.1, -0.05) is 116 Å². The van der Waals surface area contributed by atoms with Crippen LogP contribution in [0.5, 0.6) is 5.75 Å². The maximum Gasteiger partial charge on any atom is 0.338 e. The van der Waals surface area contributed by atoms with Crippen molar-refractivity contribution < 1.29 is 14.3 Å². The van der Waals surface area contributed by atoms with E-state index in [4.69, 9.17) is 21.1 Å².